The Morgan fingerprint density at radius 3 is 2.76 bits per heavy atom. The lowest BCUT2D eigenvalue weighted by atomic mass is 10.2. The van der Waals surface area contributed by atoms with Crippen molar-refractivity contribution in [2.24, 2.45) is 0 Å². The molecule has 0 radical (unpaired) electrons. The number of aromatic hydroxyl groups is 1. The van der Waals surface area contributed by atoms with E-state index in [1.165, 1.54) is 0 Å². The first kappa shape index (κ1) is 19.6. The molecule has 154 valence electrons. The maximum absolute atomic E-state index is 10.3. The number of imidazole rings is 1. The zero-order valence-electron chi connectivity index (χ0n) is 16.6. The molecule has 4 rings (SSSR count). The molecular formula is C21H27N5O3. The third kappa shape index (κ3) is 4.50. The van der Waals surface area contributed by atoms with Gasteiger partial charge in [0.2, 0.25) is 5.95 Å². The van der Waals surface area contributed by atoms with Crippen LogP contribution in [0.2, 0.25) is 0 Å². The van der Waals surface area contributed by atoms with Crippen LogP contribution in [0.25, 0.3) is 11.0 Å². The van der Waals surface area contributed by atoms with E-state index in [1.807, 2.05) is 29.7 Å². The van der Waals surface area contributed by atoms with Crippen molar-refractivity contribution in [1.82, 2.24) is 19.4 Å². The molecular weight excluding hydrogens is 370 g/mol. The van der Waals surface area contributed by atoms with Gasteiger partial charge in [0, 0.05) is 31.9 Å². The van der Waals surface area contributed by atoms with E-state index in [0.29, 0.717) is 12.2 Å². The number of aromatic nitrogens is 3. The van der Waals surface area contributed by atoms with Crippen LogP contribution in [0.15, 0.2) is 30.3 Å². The fourth-order valence-electron chi connectivity index (χ4n) is 3.59. The van der Waals surface area contributed by atoms with Gasteiger partial charge < -0.3 is 24.8 Å². The number of hydrogen-bond acceptors (Lipinski definition) is 7. The number of aliphatic hydroxyl groups excluding tert-OH is 1. The Morgan fingerprint density at radius 1 is 1.14 bits per heavy atom. The monoisotopic (exact) mass is 397 g/mol. The zero-order chi connectivity index (χ0) is 20.2. The molecule has 3 heterocycles. The van der Waals surface area contributed by atoms with Gasteiger partial charge in [0.05, 0.1) is 37.4 Å². The van der Waals surface area contributed by atoms with E-state index < -0.39 is 0 Å². The number of hydrogen-bond donors (Lipinski definition) is 3. The molecule has 8 heteroatoms. The van der Waals surface area contributed by atoms with Gasteiger partial charge in [-0.1, -0.05) is 6.07 Å². The predicted octanol–water partition coefficient (Wildman–Crippen LogP) is 1.73. The summed E-state index contributed by atoms with van der Waals surface area (Å²) in [5.74, 6) is 0.898. The number of aryl methyl sites for hydroxylation is 1. The van der Waals surface area contributed by atoms with E-state index in [2.05, 4.69) is 15.2 Å². The second-order valence-corrected chi connectivity index (χ2v) is 7.30. The van der Waals surface area contributed by atoms with Crippen molar-refractivity contribution in [3.8, 4) is 5.75 Å². The van der Waals surface area contributed by atoms with Crippen LogP contribution in [-0.2, 0) is 17.9 Å². The summed E-state index contributed by atoms with van der Waals surface area (Å²) >= 11 is 0. The van der Waals surface area contributed by atoms with Gasteiger partial charge in [0.1, 0.15) is 11.4 Å². The van der Waals surface area contributed by atoms with Gasteiger partial charge in [-0.15, -0.1) is 0 Å². The van der Waals surface area contributed by atoms with Crippen molar-refractivity contribution in [2.75, 3.05) is 44.7 Å². The van der Waals surface area contributed by atoms with Crippen LogP contribution in [0.4, 0.5) is 5.95 Å². The van der Waals surface area contributed by atoms with Gasteiger partial charge in [0.15, 0.2) is 0 Å². The summed E-state index contributed by atoms with van der Waals surface area (Å²) in [5.41, 5.74) is 4.01. The Kier molecular flexibility index (Phi) is 5.94. The molecule has 1 fully saturated rings. The second kappa shape index (κ2) is 8.77. The number of morpholine rings is 1. The molecule has 1 aromatic carbocycles. The van der Waals surface area contributed by atoms with Crippen LogP contribution < -0.4 is 5.32 Å². The van der Waals surface area contributed by atoms with E-state index in [1.54, 1.807) is 12.1 Å². The maximum atomic E-state index is 10.3. The molecule has 3 N–H and O–H groups in total. The summed E-state index contributed by atoms with van der Waals surface area (Å²) in [6.45, 7) is 7.39. The lowest BCUT2D eigenvalue weighted by Gasteiger charge is -2.26. The molecule has 3 aromatic rings. The molecule has 0 bridgehead atoms. The van der Waals surface area contributed by atoms with Gasteiger partial charge in [-0.05, 0) is 36.8 Å². The first-order valence-corrected chi connectivity index (χ1v) is 9.93. The molecule has 1 saturated heterocycles. The van der Waals surface area contributed by atoms with Crippen molar-refractivity contribution in [1.29, 1.82) is 0 Å². The van der Waals surface area contributed by atoms with Gasteiger partial charge in [-0.25, -0.2) is 4.98 Å². The minimum atomic E-state index is -0.0250. The number of rotatable bonds is 7. The standard InChI is InChI=1S/C21H27N5O3/c1-15-2-5-20(28)18(23-15)13-26-19-4-3-16(14-27)12-17(19)24-21(26)22-6-7-25-8-10-29-11-9-25/h2-5,12,27-28H,6-11,13-14H2,1H3,(H,22,24). The lowest BCUT2D eigenvalue weighted by Crippen LogP contribution is -2.39. The second-order valence-electron chi connectivity index (χ2n) is 7.30. The Balaban J connectivity index is 1.60. The van der Waals surface area contributed by atoms with Gasteiger partial charge in [-0.2, -0.15) is 0 Å². The molecule has 0 atom stereocenters. The summed E-state index contributed by atoms with van der Waals surface area (Å²) < 4.78 is 7.43. The van der Waals surface area contributed by atoms with Crippen LogP contribution >= 0.6 is 0 Å². The average molecular weight is 397 g/mol. The Bertz CT molecular complexity index is 982. The van der Waals surface area contributed by atoms with E-state index in [0.717, 1.165) is 67.6 Å². The van der Waals surface area contributed by atoms with Crippen LogP contribution in [-0.4, -0.2) is 69.0 Å². The molecule has 29 heavy (non-hydrogen) atoms. The topological polar surface area (TPSA) is 95.7 Å². The molecule has 0 saturated carbocycles. The largest absolute Gasteiger partial charge is 0.506 e. The van der Waals surface area contributed by atoms with Crippen LogP contribution in [0.5, 0.6) is 5.75 Å². The highest BCUT2D eigenvalue weighted by atomic mass is 16.5. The smallest absolute Gasteiger partial charge is 0.204 e. The molecule has 0 amide bonds. The van der Waals surface area contributed by atoms with Crippen LogP contribution in [0.1, 0.15) is 17.0 Å². The molecule has 2 aromatic heterocycles. The highest BCUT2D eigenvalue weighted by molar-refractivity contribution is 5.79. The molecule has 1 aliphatic rings. The first-order valence-electron chi connectivity index (χ1n) is 9.93. The third-order valence-electron chi connectivity index (χ3n) is 5.21. The van der Waals surface area contributed by atoms with Gasteiger partial charge in [-0.3, -0.25) is 9.88 Å². The van der Waals surface area contributed by atoms with E-state index in [9.17, 15) is 10.2 Å². The fraction of sp³-hybridized carbons (Fsp3) is 0.429. The lowest BCUT2D eigenvalue weighted by molar-refractivity contribution is 0.0398. The fourth-order valence-corrected chi connectivity index (χ4v) is 3.59. The maximum Gasteiger partial charge on any atom is 0.204 e. The SMILES string of the molecule is Cc1ccc(O)c(Cn2c(NCCN3CCOCC3)nc3cc(CO)ccc32)n1. The molecule has 0 aliphatic carbocycles. The van der Waals surface area contributed by atoms with E-state index in [4.69, 9.17) is 9.72 Å². The summed E-state index contributed by atoms with van der Waals surface area (Å²) in [5, 5.41) is 23.1. The highest BCUT2D eigenvalue weighted by Crippen LogP contribution is 2.25. The number of fused-ring (bicyclic) bond motifs is 1. The minimum absolute atomic E-state index is 0.0250. The summed E-state index contributed by atoms with van der Waals surface area (Å²) in [7, 11) is 0. The highest BCUT2D eigenvalue weighted by Gasteiger charge is 2.15. The first-order chi connectivity index (χ1) is 14.1. The van der Waals surface area contributed by atoms with Crippen molar-refractivity contribution in [3.05, 3.63) is 47.3 Å². The number of anilines is 1. The van der Waals surface area contributed by atoms with Crippen molar-refractivity contribution < 1.29 is 14.9 Å². The number of nitrogens with zero attached hydrogens (tertiary/aromatic N) is 4. The molecule has 1 aliphatic heterocycles. The summed E-state index contributed by atoms with van der Waals surface area (Å²) in [6.07, 6.45) is 0. The number of benzene rings is 1. The van der Waals surface area contributed by atoms with Crippen LogP contribution in [0, 0.1) is 6.92 Å². The zero-order valence-corrected chi connectivity index (χ0v) is 16.6. The Morgan fingerprint density at radius 2 is 1.97 bits per heavy atom. The summed E-state index contributed by atoms with van der Waals surface area (Å²) in [6, 6.07) is 9.20. The predicted molar refractivity (Wildman–Crippen MR) is 111 cm³/mol. The van der Waals surface area contributed by atoms with Gasteiger partial charge >= 0.3 is 0 Å². The van der Waals surface area contributed by atoms with E-state index >= 15 is 0 Å². The van der Waals surface area contributed by atoms with E-state index in [-0.39, 0.29) is 12.4 Å². The normalized spacial score (nSPS) is 15.1. The molecule has 8 nitrogen and oxygen atoms in total. The summed E-state index contributed by atoms with van der Waals surface area (Å²) in [4.78, 5) is 11.6. The number of pyridine rings is 1. The van der Waals surface area contributed by atoms with Crippen molar-refractivity contribution >= 4 is 17.0 Å². The van der Waals surface area contributed by atoms with Crippen molar-refractivity contribution in [3.63, 3.8) is 0 Å². The van der Waals surface area contributed by atoms with Gasteiger partial charge in [0.25, 0.3) is 0 Å². The minimum Gasteiger partial charge on any atom is -0.506 e. The number of aliphatic hydroxyl groups is 1. The molecule has 0 spiro atoms. The quantitative estimate of drug-likeness (QED) is 0.559. The van der Waals surface area contributed by atoms with Crippen LogP contribution in [0.3, 0.4) is 0 Å². The average Bonchev–Trinajstić information content (AvgIpc) is 3.08. The third-order valence-corrected chi connectivity index (χ3v) is 5.21. The Labute approximate surface area is 169 Å². The van der Waals surface area contributed by atoms with Crippen molar-refractivity contribution in [2.45, 2.75) is 20.1 Å². The molecule has 0 unspecified atom stereocenters. The Hall–Kier alpha value is -2.68. The number of nitrogens with one attached hydrogen (secondary N) is 1. The number of ether oxygens (including phenoxy) is 1.